The van der Waals surface area contributed by atoms with Gasteiger partial charge in [-0.2, -0.15) is 0 Å². The first-order chi connectivity index (χ1) is 22.0. The van der Waals surface area contributed by atoms with Crippen molar-refractivity contribution in [1.82, 2.24) is 0 Å². The fourth-order valence-corrected chi connectivity index (χ4v) is 9.75. The smallest absolute Gasteiger partial charge is 0.338 e. The molecule has 0 radical (unpaired) electrons. The summed E-state index contributed by atoms with van der Waals surface area (Å²) in [7, 11) is 0. The molecule has 1 saturated heterocycles. The van der Waals surface area contributed by atoms with Crippen LogP contribution in [0.15, 0.2) is 72.5 Å². The van der Waals surface area contributed by atoms with Gasteiger partial charge in [-0.25, -0.2) is 9.59 Å². The van der Waals surface area contributed by atoms with Crippen LogP contribution < -0.4 is 0 Å². The lowest BCUT2D eigenvalue weighted by atomic mass is 9.47. The van der Waals surface area contributed by atoms with Crippen LogP contribution in [0, 0.1) is 46.3 Å². The maximum Gasteiger partial charge on any atom is 0.338 e. The molecule has 1 unspecified atom stereocenters. The Morgan fingerprint density at radius 1 is 0.935 bits per heavy atom. The van der Waals surface area contributed by atoms with Gasteiger partial charge in [0.2, 0.25) is 0 Å². The summed E-state index contributed by atoms with van der Waals surface area (Å²) in [5, 5.41) is 0. The topological polar surface area (TPSA) is 96.0 Å². The zero-order valence-electron chi connectivity index (χ0n) is 27.4. The SMILES string of the molecule is C[C@H](CCCOC(=O)c1ccccc1)[C@H]1CC[C@H]2[C@@H]3CC=C4OC(=O)C([13C]([13CH3])=O)C[C@]4(C)[C@H]3C[C@H](OC(=O)c3ccccc3)[C@]12C. The Bertz CT molecular complexity index is 1500. The normalized spacial score (nSPS) is 33.7. The second-order valence-electron chi connectivity index (χ2n) is 14.6. The molecule has 4 aliphatic rings. The van der Waals surface area contributed by atoms with Gasteiger partial charge in [-0.15, -0.1) is 0 Å². The Labute approximate surface area is 272 Å². The molecule has 1 heterocycles. The molecular weight excluding hydrogens is 582 g/mol. The molecule has 3 fully saturated rings. The maximum absolute atomic E-state index is 13.6. The van der Waals surface area contributed by atoms with Gasteiger partial charge in [0, 0.05) is 10.8 Å². The van der Waals surface area contributed by atoms with Crippen LogP contribution >= 0.6 is 0 Å². The highest BCUT2D eigenvalue weighted by molar-refractivity contribution is 5.98. The minimum absolute atomic E-state index is 0.112. The van der Waals surface area contributed by atoms with Gasteiger partial charge in [-0.1, -0.05) is 57.2 Å². The van der Waals surface area contributed by atoms with Crippen molar-refractivity contribution >= 4 is 23.7 Å². The summed E-state index contributed by atoms with van der Waals surface area (Å²) in [5.41, 5.74) is 0.352. The van der Waals surface area contributed by atoms with Gasteiger partial charge in [0.1, 0.15) is 23.6 Å². The van der Waals surface area contributed by atoms with Crippen LogP contribution in [-0.4, -0.2) is 36.4 Å². The molecule has 2 aromatic rings. The highest BCUT2D eigenvalue weighted by Gasteiger charge is 2.65. The molecule has 7 nitrogen and oxygen atoms in total. The lowest BCUT2D eigenvalue weighted by molar-refractivity contribution is -0.171. The molecule has 0 aromatic heterocycles. The zero-order valence-corrected chi connectivity index (χ0v) is 27.4. The van der Waals surface area contributed by atoms with E-state index >= 15 is 0 Å². The molecule has 2 aromatic carbocycles. The van der Waals surface area contributed by atoms with Gasteiger partial charge < -0.3 is 14.2 Å². The number of esters is 3. The van der Waals surface area contributed by atoms with Gasteiger partial charge >= 0.3 is 17.9 Å². The average Bonchev–Trinajstić information content (AvgIpc) is 3.42. The van der Waals surface area contributed by atoms with E-state index in [1.807, 2.05) is 36.4 Å². The predicted molar refractivity (Wildman–Crippen MR) is 172 cm³/mol. The van der Waals surface area contributed by atoms with E-state index in [9.17, 15) is 19.2 Å². The Balaban J connectivity index is 1.24. The predicted octanol–water partition coefficient (Wildman–Crippen LogP) is 7.60. The van der Waals surface area contributed by atoms with Crippen molar-refractivity contribution in [2.45, 2.75) is 78.7 Å². The molecule has 1 aliphatic heterocycles. The Morgan fingerprint density at radius 3 is 2.24 bits per heavy atom. The van der Waals surface area contributed by atoms with Crippen molar-refractivity contribution < 1.29 is 33.4 Å². The van der Waals surface area contributed by atoms with Gasteiger partial charge in [-0.3, -0.25) is 9.59 Å². The van der Waals surface area contributed by atoms with Crippen LogP contribution in [0.2, 0.25) is 0 Å². The number of carbonyl (C=O) groups is 4. The van der Waals surface area contributed by atoms with Gasteiger partial charge in [0.05, 0.1) is 17.7 Å². The average molecular weight is 629 g/mol. The van der Waals surface area contributed by atoms with E-state index in [1.165, 1.54) is 6.92 Å². The number of allylic oxidation sites excluding steroid dienone is 2. The van der Waals surface area contributed by atoms with E-state index in [0.717, 1.165) is 32.1 Å². The van der Waals surface area contributed by atoms with Crippen molar-refractivity contribution in [2.75, 3.05) is 6.61 Å². The maximum atomic E-state index is 13.6. The van der Waals surface area contributed by atoms with Crippen LogP contribution in [0.3, 0.4) is 0 Å². The summed E-state index contributed by atoms with van der Waals surface area (Å²) in [6.07, 6.45) is 7.40. The number of benzene rings is 2. The van der Waals surface area contributed by atoms with Crippen molar-refractivity contribution in [3.63, 3.8) is 0 Å². The third-order valence-electron chi connectivity index (χ3n) is 12.1. The van der Waals surface area contributed by atoms with Crippen LogP contribution in [0.25, 0.3) is 0 Å². The van der Waals surface area contributed by atoms with E-state index in [2.05, 4.69) is 26.8 Å². The molecule has 7 heteroatoms. The molecule has 244 valence electrons. The van der Waals surface area contributed by atoms with E-state index < -0.39 is 17.3 Å². The monoisotopic (exact) mass is 628 g/mol. The van der Waals surface area contributed by atoms with Crippen LogP contribution in [0.5, 0.6) is 0 Å². The summed E-state index contributed by atoms with van der Waals surface area (Å²) < 4.78 is 18.0. The number of hydrogen-bond donors (Lipinski definition) is 0. The largest absolute Gasteiger partial charge is 0.462 e. The molecule has 3 aliphatic carbocycles. The Kier molecular flexibility index (Phi) is 8.97. The third-order valence-corrected chi connectivity index (χ3v) is 12.1. The first kappa shape index (κ1) is 32.2. The van der Waals surface area contributed by atoms with Crippen molar-refractivity contribution in [1.29, 1.82) is 0 Å². The van der Waals surface area contributed by atoms with E-state index in [0.29, 0.717) is 60.0 Å². The first-order valence-corrected chi connectivity index (χ1v) is 16.9. The minimum atomic E-state index is -0.771. The standard InChI is InChI=1S/C39H46O7/c1-24(12-11-21-44-35(41)26-13-7-5-8-14-26)30-18-19-31-28-17-20-33-38(3,23-29(25(2)40)37(43)45-33)32(28)22-34(39(30,31)4)46-36(42)27-15-9-6-10-16-27/h5-10,13-16,20,24,28-32,34H,11-12,17-19,21-23H2,1-4H3/t24-,28+,29?,30-,31+,32+,34+,38-,39-/m1/s1/i2+1,25+1. The van der Waals surface area contributed by atoms with Gasteiger partial charge in [0.25, 0.3) is 0 Å². The molecule has 0 amide bonds. The number of ether oxygens (including phenoxy) is 3. The van der Waals surface area contributed by atoms with E-state index in [4.69, 9.17) is 14.2 Å². The molecule has 0 spiro atoms. The lowest BCUT2D eigenvalue weighted by Crippen LogP contribution is -2.58. The minimum Gasteiger partial charge on any atom is -0.462 e. The number of Topliss-reactive ketones (excluding diaryl/α,β-unsaturated/α-hetero) is 1. The summed E-state index contributed by atoms with van der Waals surface area (Å²) in [6.45, 7) is 8.60. The lowest BCUT2D eigenvalue weighted by Gasteiger charge is -2.59. The van der Waals surface area contributed by atoms with Gasteiger partial charge in [0.15, 0.2) is 0 Å². The molecule has 0 N–H and O–H groups in total. The number of ketones is 1. The van der Waals surface area contributed by atoms with E-state index in [1.54, 1.807) is 24.3 Å². The van der Waals surface area contributed by atoms with E-state index in [-0.39, 0.29) is 35.2 Å². The Morgan fingerprint density at radius 2 is 1.59 bits per heavy atom. The second-order valence-corrected chi connectivity index (χ2v) is 14.6. The fraction of sp³-hybridized carbons (Fsp3) is 0.538. The molecule has 6 rings (SSSR count). The quantitative estimate of drug-likeness (QED) is 0.0928. The molecule has 46 heavy (non-hydrogen) atoms. The van der Waals surface area contributed by atoms with Crippen LogP contribution in [0.1, 0.15) is 93.4 Å². The van der Waals surface area contributed by atoms with Crippen LogP contribution in [0.4, 0.5) is 0 Å². The molecule has 0 bridgehead atoms. The van der Waals surface area contributed by atoms with Crippen LogP contribution in [-0.2, 0) is 23.8 Å². The molecule has 9 atom stereocenters. The Hall–Kier alpha value is -3.74. The fourth-order valence-electron chi connectivity index (χ4n) is 9.75. The first-order valence-electron chi connectivity index (χ1n) is 16.9. The number of hydrogen-bond acceptors (Lipinski definition) is 7. The zero-order chi connectivity index (χ0) is 32.6. The third kappa shape index (κ3) is 5.71. The second kappa shape index (κ2) is 12.8. The molecular formula is C39H46O7. The highest BCUT2D eigenvalue weighted by atomic mass is 16.6. The van der Waals surface area contributed by atoms with Crippen molar-refractivity contribution in [3.8, 4) is 0 Å². The number of rotatable bonds is 9. The molecule has 2 saturated carbocycles. The summed E-state index contributed by atoms with van der Waals surface area (Å²) in [4.78, 5) is 51.3. The summed E-state index contributed by atoms with van der Waals surface area (Å²) in [6, 6.07) is 18.2. The summed E-state index contributed by atoms with van der Waals surface area (Å²) in [5.74, 6) is 0.0935. The van der Waals surface area contributed by atoms with Gasteiger partial charge in [-0.05, 0) is 112 Å². The van der Waals surface area contributed by atoms with Crippen molar-refractivity contribution in [2.24, 2.45) is 46.3 Å². The summed E-state index contributed by atoms with van der Waals surface area (Å²) >= 11 is 0. The van der Waals surface area contributed by atoms with Crippen molar-refractivity contribution in [3.05, 3.63) is 83.6 Å². The highest BCUT2D eigenvalue weighted by Crippen LogP contribution is 2.68. The number of fused-ring (bicyclic) bond motifs is 5. The number of carbonyl (C=O) groups excluding carboxylic acids is 4.